The Morgan fingerprint density at radius 1 is 1.06 bits per heavy atom. The van der Waals surface area contributed by atoms with Gasteiger partial charge in [-0.3, -0.25) is 4.57 Å². The molecule has 0 spiro atoms. The summed E-state index contributed by atoms with van der Waals surface area (Å²) in [6, 6.07) is 16.9. The number of hydrogen-bond donors (Lipinski definition) is 0. The summed E-state index contributed by atoms with van der Waals surface area (Å²) in [6.07, 6.45) is 1.65. The summed E-state index contributed by atoms with van der Waals surface area (Å²) in [5.74, 6) is 1.98. The average Bonchev–Trinajstić information content (AvgIpc) is 3.57. The monoisotopic (exact) mass is 475 g/mol. The molecular weight excluding hydrogens is 453 g/mol. The number of thioether (sulfide) groups is 1. The van der Waals surface area contributed by atoms with Gasteiger partial charge in [-0.1, -0.05) is 59.4 Å². The highest BCUT2D eigenvalue weighted by molar-refractivity contribution is 7.99. The quantitative estimate of drug-likeness (QED) is 0.257. The van der Waals surface area contributed by atoms with Gasteiger partial charge in [-0.2, -0.15) is 4.98 Å². The molecular formula is C25H22FN5O2S. The first kappa shape index (κ1) is 22.1. The smallest absolute Gasteiger partial charge is 0.240 e. The van der Waals surface area contributed by atoms with Gasteiger partial charge < -0.3 is 8.94 Å². The second kappa shape index (κ2) is 9.26. The number of aryl methyl sites for hydroxylation is 2. The Kier molecular flexibility index (Phi) is 6.02. The van der Waals surface area contributed by atoms with E-state index in [1.54, 1.807) is 25.3 Å². The molecule has 1 unspecified atom stereocenters. The Morgan fingerprint density at radius 2 is 1.88 bits per heavy atom. The number of nitrogens with zero attached hydrogens (tertiary/aromatic N) is 5. The zero-order valence-corrected chi connectivity index (χ0v) is 19.7. The van der Waals surface area contributed by atoms with Crippen molar-refractivity contribution < 1.29 is 13.3 Å². The molecule has 1 atom stereocenters. The molecule has 7 nitrogen and oxygen atoms in total. The number of halogens is 1. The largest absolute Gasteiger partial charge is 0.469 e. The van der Waals surface area contributed by atoms with Crippen LogP contribution in [0.2, 0.25) is 0 Å². The zero-order valence-electron chi connectivity index (χ0n) is 18.9. The molecule has 34 heavy (non-hydrogen) atoms. The van der Waals surface area contributed by atoms with Crippen LogP contribution in [0.15, 0.2) is 75.0 Å². The van der Waals surface area contributed by atoms with E-state index in [2.05, 4.69) is 37.0 Å². The van der Waals surface area contributed by atoms with E-state index in [-0.39, 0.29) is 11.1 Å². The summed E-state index contributed by atoms with van der Waals surface area (Å²) in [6.45, 7) is 6.17. The first-order valence-electron chi connectivity index (χ1n) is 10.8. The molecule has 9 heteroatoms. The van der Waals surface area contributed by atoms with Crippen LogP contribution in [-0.2, 0) is 6.54 Å². The lowest BCUT2D eigenvalue weighted by Gasteiger charge is -2.11. The molecule has 5 aromatic rings. The SMILES string of the molecule is Cc1ccc(-c2noc(C(C)Sc3nnc(-c4ccoc4C)n3Cc3ccccc3)n2)cc1F. The van der Waals surface area contributed by atoms with Gasteiger partial charge in [-0.25, -0.2) is 4.39 Å². The second-order valence-electron chi connectivity index (χ2n) is 7.95. The van der Waals surface area contributed by atoms with E-state index in [0.717, 1.165) is 22.7 Å². The van der Waals surface area contributed by atoms with Crippen LogP contribution in [0.3, 0.4) is 0 Å². The number of furan rings is 1. The fraction of sp³-hybridized carbons (Fsp3) is 0.200. The highest BCUT2D eigenvalue weighted by Gasteiger charge is 2.23. The van der Waals surface area contributed by atoms with Crippen LogP contribution >= 0.6 is 11.8 Å². The summed E-state index contributed by atoms with van der Waals surface area (Å²) in [5.41, 5.74) is 3.16. The van der Waals surface area contributed by atoms with Crippen molar-refractivity contribution in [1.82, 2.24) is 24.9 Å². The van der Waals surface area contributed by atoms with E-state index in [9.17, 15) is 4.39 Å². The topological polar surface area (TPSA) is 82.8 Å². The van der Waals surface area contributed by atoms with Crippen LogP contribution in [0, 0.1) is 19.7 Å². The van der Waals surface area contributed by atoms with E-state index in [4.69, 9.17) is 8.94 Å². The van der Waals surface area contributed by atoms with Crippen molar-refractivity contribution in [3.05, 3.63) is 89.5 Å². The van der Waals surface area contributed by atoms with E-state index < -0.39 is 0 Å². The molecule has 0 radical (unpaired) electrons. The summed E-state index contributed by atoms with van der Waals surface area (Å²) < 4.78 is 27.0. The Morgan fingerprint density at radius 3 is 2.62 bits per heavy atom. The molecule has 3 aromatic heterocycles. The molecule has 0 fully saturated rings. The summed E-state index contributed by atoms with van der Waals surface area (Å²) in [7, 11) is 0. The number of hydrogen-bond acceptors (Lipinski definition) is 7. The van der Waals surface area contributed by atoms with Crippen LogP contribution in [-0.4, -0.2) is 24.9 Å². The number of benzene rings is 2. The van der Waals surface area contributed by atoms with E-state index in [1.165, 1.54) is 17.8 Å². The predicted molar refractivity (Wildman–Crippen MR) is 127 cm³/mol. The Bertz CT molecular complexity index is 1430. The van der Waals surface area contributed by atoms with Crippen LogP contribution in [0.4, 0.5) is 4.39 Å². The lowest BCUT2D eigenvalue weighted by Crippen LogP contribution is -2.05. The first-order chi connectivity index (χ1) is 16.5. The molecule has 2 aromatic carbocycles. The maximum absolute atomic E-state index is 14.0. The third-order valence-electron chi connectivity index (χ3n) is 5.50. The lowest BCUT2D eigenvalue weighted by atomic mass is 10.1. The molecule has 0 aliphatic heterocycles. The molecule has 0 N–H and O–H groups in total. The molecule has 0 aliphatic carbocycles. The zero-order chi connectivity index (χ0) is 23.7. The van der Waals surface area contributed by atoms with Crippen molar-refractivity contribution in [2.24, 2.45) is 0 Å². The lowest BCUT2D eigenvalue weighted by molar-refractivity contribution is 0.380. The molecule has 0 amide bonds. The molecule has 3 heterocycles. The van der Waals surface area contributed by atoms with Crippen molar-refractivity contribution in [2.45, 2.75) is 37.7 Å². The third-order valence-corrected chi connectivity index (χ3v) is 6.57. The van der Waals surface area contributed by atoms with E-state index in [1.807, 2.05) is 38.1 Å². The minimum Gasteiger partial charge on any atom is -0.469 e. The van der Waals surface area contributed by atoms with Gasteiger partial charge in [-0.05, 0) is 44.0 Å². The van der Waals surface area contributed by atoms with Crippen molar-refractivity contribution >= 4 is 11.8 Å². The Balaban J connectivity index is 1.44. The van der Waals surface area contributed by atoms with Gasteiger partial charge in [-0.15, -0.1) is 10.2 Å². The average molecular weight is 476 g/mol. The highest BCUT2D eigenvalue weighted by atomic mass is 32.2. The summed E-state index contributed by atoms with van der Waals surface area (Å²) >= 11 is 1.47. The maximum atomic E-state index is 14.0. The Hall–Kier alpha value is -3.72. The normalized spacial score (nSPS) is 12.2. The van der Waals surface area contributed by atoms with Crippen molar-refractivity contribution in [3.63, 3.8) is 0 Å². The van der Waals surface area contributed by atoms with Crippen LogP contribution < -0.4 is 0 Å². The number of aromatic nitrogens is 5. The van der Waals surface area contributed by atoms with Crippen LogP contribution in [0.25, 0.3) is 22.8 Å². The summed E-state index contributed by atoms with van der Waals surface area (Å²) in [4.78, 5) is 4.49. The fourth-order valence-electron chi connectivity index (χ4n) is 3.56. The molecule has 0 aliphatic rings. The van der Waals surface area contributed by atoms with Crippen molar-refractivity contribution in [2.75, 3.05) is 0 Å². The first-order valence-corrected chi connectivity index (χ1v) is 11.7. The highest BCUT2D eigenvalue weighted by Crippen LogP contribution is 2.36. The molecule has 5 rings (SSSR count). The second-order valence-corrected chi connectivity index (χ2v) is 9.26. The van der Waals surface area contributed by atoms with Gasteiger partial charge in [0.1, 0.15) is 11.6 Å². The van der Waals surface area contributed by atoms with Crippen LogP contribution in [0.1, 0.15) is 35.0 Å². The minimum absolute atomic E-state index is 0.200. The standard InChI is InChI=1S/C25H22FN5O2S/c1-15-9-10-19(13-21(15)26)22-27-24(33-30-22)17(3)34-25-29-28-23(20-11-12-32-16(20)2)31(25)14-18-7-5-4-6-8-18/h4-13,17H,14H2,1-3H3. The van der Waals surface area contributed by atoms with Gasteiger partial charge in [0.25, 0.3) is 0 Å². The fourth-order valence-corrected chi connectivity index (χ4v) is 4.44. The maximum Gasteiger partial charge on any atom is 0.240 e. The van der Waals surface area contributed by atoms with Gasteiger partial charge in [0, 0.05) is 5.56 Å². The third kappa shape index (κ3) is 4.38. The molecule has 0 saturated heterocycles. The van der Waals surface area contributed by atoms with Crippen molar-refractivity contribution in [1.29, 1.82) is 0 Å². The number of rotatable bonds is 7. The molecule has 172 valence electrons. The van der Waals surface area contributed by atoms with Gasteiger partial charge >= 0.3 is 0 Å². The Labute approximate surface area is 200 Å². The van der Waals surface area contributed by atoms with E-state index in [0.29, 0.717) is 34.5 Å². The predicted octanol–water partition coefficient (Wildman–Crippen LogP) is 6.25. The molecule has 0 bridgehead atoms. The van der Waals surface area contributed by atoms with Gasteiger partial charge in [0.2, 0.25) is 11.7 Å². The minimum atomic E-state index is -0.303. The summed E-state index contributed by atoms with van der Waals surface area (Å²) in [5, 5.41) is 13.5. The molecule has 0 saturated carbocycles. The van der Waals surface area contributed by atoms with Gasteiger partial charge in [0.05, 0.1) is 23.6 Å². The van der Waals surface area contributed by atoms with E-state index >= 15 is 0 Å². The van der Waals surface area contributed by atoms with Crippen LogP contribution in [0.5, 0.6) is 0 Å². The van der Waals surface area contributed by atoms with Gasteiger partial charge in [0.15, 0.2) is 11.0 Å². The van der Waals surface area contributed by atoms with Crippen molar-refractivity contribution in [3.8, 4) is 22.8 Å².